The lowest BCUT2D eigenvalue weighted by Crippen LogP contribution is -2.26. The molecule has 1 aromatic heterocycles. The fourth-order valence-corrected chi connectivity index (χ4v) is 4.35. The van der Waals surface area contributed by atoms with E-state index in [1.807, 2.05) is 0 Å². The van der Waals surface area contributed by atoms with Gasteiger partial charge in [0.15, 0.2) is 5.13 Å². The monoisotopic (exact) mass is 367 g/mol. The van der Waals surface area contributed by atoms with Gasteiger partial charge in [0.1, 0.15) is 6.10 Å². The van der Waals surface area contributed by atoms with Crippen molar-refractivity contribution in [3.8, 4) is 0 Å². The van der Waals surface area contributed by atoms with Gasteiger partial charge < -0.3 is 4.74 Å². The van der Waals surface area contributed by atoms with Gasteiger partial charge in [-0.05, 0) is 31.0 Å². The van der Waals surface area contributed by atoms with E-state index in [1.54, 1.807) is 12.1 Å². The molecule has 1 aliphatic rings. The molecule has 1 amide bonds. The number of anilines is 1. The van der Waals surface area contributed by atoms with E-state index in [-0.39, 0.29) is 17.3 Å². The third kappa shape index (κ3) is 3.64. The van der Waals surface area contributed by atoms with Crippen LogP contribution in [0.5, 0.6) is 0 Å². The van der Waals surface area contributed by atoms with E-state index in [9.17, 15) is 13.2 Å². The van der Waals surface area contributed by atoms with E-state index in [0.717, 1.165) is 6.42 Å². The van der Waals surface area contributed by atoms with E-state index >= 15 is 0 Å². The van der Waals surface area contributed by atoms with Gasteiger partial charge in [-0.3, -0.25) is 10.1 Å². The highest BCUT2D eigenvalue weighted by atomic mass is 32.2. The Morgan fingerprint density at radius 2 is 2.33 bits per heavy atom. The highest BCUT2D eigenvalue weighted by molar-refractivity contribution is 7.89. The number of hydrogen-bond donors (Lipinski definition) is 2. The average Bonchev–Trinajstić information content (AvgIpc) is 3.21. The van der Waals surface area contributed by atoms with Crippen molar-refractivity contribution >= 4 is 42.6 Å². The lowest BCUT2D eigenvalue weighted by Gasteiger charge is -2.07. The molecule has 1 aromatic carbocycles. The molecule has 0 spiro atoms. The van der Waals surface area contributed by atoms with Crippen LogP contribution in [-0.4, -0.2) is 38.6 Å². The molecule has 1 fully saturated rings. The number of ether oxygens (including phenoxy) is 1. The van der Waals surface area contributed by atoms with Crippen LogP contribution in [0.1, 0.15) is 12.8 Å². The molecule has 0 radical (unpaired) electrons. The number of benzene rings is 1. The molecule has 7 nitrogen and oxygen atoms in total. The van der Waals surface area contributed by atoms with Gasteiger partial charge >= 0.3 is 0 Å². The fourth-order valence-electron chi connectivity index (χ4n) is 2.35. The number of carbonyl (C=O) groups is 1. The van der Waals surface area contributed by atoms with Crippen LogP contribution in [0.3, 0.4) is 0 Å². The van der Waals surface area contributed by atoms with Gasteiger partial charge in [-0.2, -0.15) is 0 Å². The summed E-state index contributed by atoms with van der Waals surface area (Å²) in [4.78, 5) is 16.5. The van der Waals surface area contributed by atoms with Crippen molar-refractivity contribution in [2.75, 3.05) is 18.5 Å². The summed E-state index contributed by atoms with van der Waals surface area (Å²) >= 11 is 1.23. The van der Waals surface area contributed by atoms with Crippen molar-refractivity contribution in [2.45, 2.75) is 23.8 Å². The number of nitrogens with zero attached hydrogens (tertiary/aromatic N) is 1. The number of rotatable bonds is 6. The van der Waals surface area contributed by atoms with Gasteiger partial charge in [0.05, 0.1) is 15.1 Å². The van der Waals surface area contributed by atoms with Gasteiger partial charge in [0, 0.05) is 13.2 Å². The van der Waals surface area contributed by atoms with Crippen LogP contribution >= 0.6 is 11.3 Å². The Kier molecular flexibility index (Phi) is 4.95. The first-order valence-corrected chi connectivity index (χ1v) is 9.73. The Balaban J connectivity index is 1.81. The number of fused-ring (bicyclic) bond motifs is 1. The fraction of sp³-hybridized carbons (Fsp3) is 0.333. The summed E-state index contributed by atoms with van der Waals surface area (Å²) in [6.45, 7) is 4.24. The number of hydrogen-bond acceptors (Lipinski definition) is 6. The largest absolute Gasteiger partial charge is 0.368 e. The minimum absolute atomic E-state index is 0.150. The van der Waals surface area contributed by atoms with Crippen LogP contribution in [0, 0.1) is 0 Å². The summed E-state index contributed by atoms with van der Waals surface area (Å²) in [6.07, 6.45) is 2.61. The summed E-state index contributed by atoms with van der Waals surface area (Å²) in [7, 11) is -3.59. The number of sulfonamides is 1. The quantitative estimate of drug-likeness (QED) is 0.760. The smallest absolute Gasteiger partial charge is 0.255 e. The van der Waals surface area contributed by atoms with Crippen LogP contribution in [0.15, 0.2) is 35.7 Å². The highest BCUT2D eigenvalue weighted by Crippen LogP contribution is 2.28. The maximum atomic E-state index is 12.1. The predicted octanol–water partition coefficient (Wildman–Crippen LogP) is 1.88. The molecule has 9 heteroatoms. The Morgan fingerprint density at radius 1 is 1.50 bits per heavy atom. The number of carbonyl (C=O) groups excluding carboxylic acids is 1. The van der Waals surface area contributed by atoms with Crippen molar-refractivity contribution < 1.29 is 17.9 Å². The van der Waals surface area contributed by atoms with Gasteiger partial charge in [-0.1, -0.05) is 17.4 Å². The lowest BCUT2D eigenvalue weighted by atomic mass is 10.2. The second-order valence-corrected chi connectivity index (χ2v) is 8.08. The molecule has 2 heterocycles. The molecular weight excluding hydrogens is 350 g/mol. The van der Waals surface area contributed by atoms with Crippen LogP contribution in [-0.2, 0) is 19.6 Å². The van der Waals surface area contributed by atoms with Crippen molar-refractivity contribution in [1.29, 1.82) is 0 Å². The SMILES string of the molecule is C=CCNS(=O)(=O)c1ccc2nc(NC(=O)C3CCCO3)sc2c1. The Bertz CT molecular complexity index is 870. The third-order valence-electron chi connectivity index (χ3n) is 3.54. The van der Waals surface area contributed by atoms with E-state index in [0.29, 0.717) is 28.4 Å². The Hall–Kier alpha value is -1.81. The topological polar surface area (TPSA) is 97.4 Å². The molecule has 2 aromatic rings. The third-order valence-corrected chi connectivity index (χ3v) is 5.89. The summed E-state index contributed by atoms with van der Waals surface area (Å²) in [5.74, 6) is -0.216. The minimum atomic E-state index is -3.59. The van der Waals surface area contributed by atoms with Gasteiger partial charge in [0.2, 0.25) is 10.0 Å². The van der Waals surface area contributed by atoms with E-state index in [1.165, 1.54) is 23.5 Å². The maximum Gasteiger partial charge on any atom is 0.255 e. The first-order chi connectivity index (χ1) is 11.5. The van der Waals surface area contributed by atoms with Gasteiger partial charge in [-0.25, -0.2) is 18.1 Å². The number of amides is 1. The van der Waals surface area contributed by atoms with E-state index in [2.05, 4.69) is 21.6 Å². The first kappa shape index (κ1) is 17.0. The lowest BCUT2D eigenvalue weighted by molar-refractivity contribution is -0.124. The van der Waals surface area contributed by atoms with Crippen molar-refractivity contribution in [3.63, 3.8) is 0 Å². The summed E-state index contributed by atoms with van der Waals surface area (Å²) < 4.78 is 32.7. The zero-order valence-corrected chi connectivity index (χ0v) is 14.5. The standard InChI is InChI=1S/C15H17N3O4S2/c1-2-7-16-24(20,21)10-5-6-11-13(9-10)23-15(17-11)18-14(19)12-4-3-8-22-12/h2,5-6,9,12,16H,1,3-4,7-8H2,(H,17,18,19). The Labute approximate surface area is 143 Å². The van der Waals surface area contributed by atoms with Crippen LogP contribution in [0.2, 0.25) is 0 Å². The number of thiazole rings is 1. The molecule has 24 heavy (non-hydrogen) atoms. The number of aromatic nitrogens is 1. The molecule has 0 aliphatic carbocycles. The molecule has 0 bridgehead atoms. The zero-order chi connectivity index (χ0) is 17.2. The maximum absolute atomic E-state index is 12.1. The molecule has 2 N–H and O–H groups in total. The summed E-state index contributed by atoms with van der Waals surface area (Å²) in [5.41, 5.74) is 0.630. The van der Waals surface area contributed by atoms with Crippen LogP contribution in [0.25, 0.3) is 10.2 Å². The van der Waals surface area contributed by atoms with Crippen molar-refractivity contribution in [3.05, 3.63) is 30.9 Å². The second-order valence-electron chi connectivity index (χ2n) is 5.28. The van der Waals surface area contributed by atoms with Crippen LogP contribution < -0.4 is 10.0 Å². The van der Waals surface area contributed by atoms with Gasteiger partial charge in [0.25, 0.3) is 5.91 Å². The first-order valence-electron chi connectivity index (χ1n) is 7.43. The molecule has 1 unspecified atom stereocenters. The zero-order valence-electron chi connectivity index (χ0n) is 12.8. The minimum Gasteiger partial charge on any atom is -0.368 e. The summed E-state index contributed by atoms with van der Waals surface area (Å²) in [5, 5.41) is 3.16. The van der Waals surface area contributed by atoms with Crippen molar-refractivity contribution in [1.82, 2.24) is 9.71 Å². The summed E-state index contributed by atoms with van der Waals surface area (Å²) in [6, 6.07) is 4.65. The molecule has 0 saturated carbocycles. The van der Waals surface area contributed by atoms with Crippen LogP contribution in [0.4, 0.5) is 5.13 Å². The van der Waals surface area contributed by atoms with Crippen molar-refractivity contribution in [2.24, 2.45) is 0 Å². The Morgan fingerprint density at radius 3 is 3.04 bits per heavy atom. The second kappa shape index (κ2) is 6.98. The molecular formula is C15H17N3O4S2. The van der Waals surface area contributed by atoms with E-state index in [4.69, 9.17) is 4.74 Å². The average molecular weight is 367 g/mol. The van der Waals surface area contributed by atoms with Gasteiger partial charge in [-0.15, -0.1) is 6.58 Å². The predicted molar refractivity (Wildman–Crippen MR) is 92.6 cm³/mol. The molecule has 3 rings (SSSR count). The normalized spacial score (nSPS) is 17.9. The molecule has 1 atom stereocenters. The number of nitrogens with one attached hydrogen (secondary N) is 2. The van der Waals surface area contributed by atoms with E-state index < -0.39 is 16.1 Å². The molecule has 1 aliphatic heterocycles. The molecule has 128 valence electrons. The molecule has 1 saturated heterocycles. The highest BCUT2D eigenvalue weighted by Gasteiger charge is 2.24.